The normalized spacial score (nSPS) is 16.9. The minimum Gasteiger partial charge on any atom is -0.300 e. The Balaban J connectivity index is 2.24. The zero-order valence-electron chi connectivity index (χ0n) is 14.5. The number of carbonyl (C=O) groups is 1. The van der Waals surface area contributed by atoms with Crippen LogP contribution in [0.1, 0.15) is 67.8 Å². The number of thiophene rings is 1. The quantitative estimate of drug-likeness (QED) is 0.843. The summed E-state index contributed by atoms with van der Waals surface area (Å²) >= 11 is 1.77. The van der Waals surface area contributed by atoms with Gasteiger partial charge in [0.25, 0.3) is 0 Å². The fourth-order valence-corrected chi connectivity index (χ4v) is 4.43. The first kappa shape index (κ1) is 16.1. The maximum Gasteiger partial charge on any atom is 0.163 e. The summed E-state index contributed by atoms with van der Waals surface area (Å²) in [5.41, 5.74) is 2.45. The van der Waals surface area contributed by atoms with Crippen LogP contribution in [0.2, 0.25) is 0 Å². The second-order valence-corrected chi connectivity index (χ2v) is 8.17. The Hall–Kier alpha value is -1.82. The molecular formula is C17H22N4OS. The number of aliphatic imine (C=N–C) groups is 1. The van der Waals surface area contributed by atoms with Crippen LogP contribution in [-0.2, 0) is 10.2 Å². The molecule has 2 aromatic heterocycles. The number of ketones is 1. The van der Waals surface area contributed by atoms with Crippen molar-refractivity contribution < 1.29 is 4.79 Å². The number of Topliss-reactive ketones (excluding diaryl/α,β-unsaturated/α-hetero) is 1. The van der Waals surface area contributed by atoms with Crippen LogP contribution in [0.25, 0.3) is 5.00 Å². The molecule has 0 radical (unpaired) electrons. The Morgan fingerprint density at radius 3 is 2.61 bits per heavy atom. The van der Waals surface area contributed by atoms with Crippen LogP contribution in [0.4, 0.5) is 0 Å². The summed E-state index contributed by atoms with van der Waals surface area (Å²) in [6.07, 6.45) is 2.27. The monoisotopic (exact) mass is 330 g/mol. The summed E-state index contributed by atoms with van der Waals surface area (Å²) in [4.78, 5) is 17.6. The molecule has 0 aromatic carbocycles. The molecule has 0 saturated carbocycles. The van der Waals surface area contributed by atoms with Gasteiger partial charge in [-0.2, -0.15) is 0 Å². The summed E-state index contributed by atoms with van der Waals surface area (Å²) in [5.74, 6) is 1.70. The van der Waals surface area contributed by atoms with Crippen molar-refractivity contribution in [1.82, 2.24) is 14.8 Å². The smallest absolute Gasteiger partial charge is 0.163 e. The molecule has 6 heteroatoms. The lowest BCUT2D eigenvalue weighted by atomic mass is 9.91. The topological polar surface area (TPSA) is 60.1 Å². The Morgan fingerprint density at radius 1 is 1.30 bits per heavy atom. The van der Waals surface area contributed by atoms with E-state index in [0.29, 0.717) is 6.42 Å². The molecule has 23 heavy (non-hydrogen) atoms. The van der Waals surface area contributed by atoms with Crippen molar-refractivity contribution in [2.24, 2.45) is 4.99 Å². The number of aromatic nitrogens is 3. The van der Waals surface area contributed by atoms with E-state index in [1.54, 1.807) is 18.3 Å². The van der Waals surface area contributed by atoms with Crippen LogP contribution in [0.5, 0.6) is 0 Å². The summed E-state index contributed by atoms with van der Waals surface area (Å²) in [7, 11) is 0. The van der Waals surface area contributed by atoms with E-state index in [0.717, 1.165) is 22.2 Å². The van der Waals surface area contributed by atoms with Crippen LogP contribution in [0.3, 0.4) is 0 Å². The van der Waals surface area contributed by atoms with Crippen molar-refractivity contribution >= 4 is 23.3 Å². The summed E-state index contributed by atoms with van der Waals surface area (Å²) in [6.45, 7) is 12.4. The van der Waals surface area contributed by atoms with Gasteiger partial charge in [0.2, 0.25) is 0 Å². The van der Waals surface area contributed by atoms with Crippen molar-refractivity contribution in [2.75, 3.05) is 0 Å². The van der Waals surface area contributed by atoms with Gasteiger partial charge in [0.05, 0.1) is 0 Å². The minimum absolute atomic E-state index is 0.0790. The van der Waals surface area contributed by atoms with Gasteiger partial charge < -0.3 is 0 Å². The van der Waals surface area contributed by atoms with Gasteiger partial charge in [-0.05, 0) is 31.7 Å². The number of hydrogen-bond donors (Lipinski definition) is 0. The number of aryl methyl sites for hydroxylation is 1. The van der Waals surface area contributed by atoms with E-state index in [9.17, 15) is 4.79 Å². The molecule has 1 aliphatic heterocycles. The average Bonchev–Trinajstić information content (AvgIpc) is 2.90. The van der Waals surface area contributed by atoms with E-state index in [1.165, 1.54) is 10.4 Å². The molecule has 0 amide bonds. The highest BCUT2D eigenvalue weighted by Gasteiger charge is 2.30. The van der Waals surface area contributed by atoms with Crippen molar-refractivity contribution in [2.45, 2.75) is 59.4 Å². The first-order valence-corrected chi connectivity index (χ1v) is 8.60. The fraction of sp³-hybridized carbons (Fsp3) is 0.529. The van der Waals surface area contributed by atoms with E-state index in [-0.39, 0.29) is 17.2 Å². The molecule has 2 aromatic rings. The predicted molar refractivity (Wildman–Crippen MR) is 93.0 cm³/mol. The zero-order valence-corrected chi connectivity index (χ0v) is 15.3. The van der Waals surface area contributed by atoms with Gasteiger partial charge in [-0.25, -0.2) is 0 Å². The highest BCUT2D eigenvalue weighted by atomic mass is 32.1. The van der Waals surface area contributed by atoms with E-state index in [2.05, 4.69) is 47.5 Å². The maximum absolute atomic E-state index is 11.6. The standard InChI is InChI=1S/C17H22N4OS/c1-9(22)7-13-15-20-19-11(3)21(15)16-12(8-18-13)10(2)14(23-16)17(4,5)6/h8,13H,7H2,1-6H3/t13-/m0/s1. The van der Waals surface area contributed by atoms with Crippen molar-refractivity contribution in [3.8, 4) is 5.00 Å². The number of fused-ring (bicyclic) bond motifs is 3. The molecule has 0 saturated heterocycles. The Bertz CT molecular complexity index is 807. The molecule has 0 unspecified atom stereocenters. The second-order valence-electron chi connectivity index (χ2n) is 7.17. The molecular weight excluding hydrogens is 308 g/mol. The third-order valence-corrected chi connectivity index (χ3v) is 5.79. The van der Waals surface area contributed by atoms with Crippen LogP contribution in [-0.4, -0.2) is 26.8 Å². The molecule has 3 rings (SSSR count). The van der Waals surface area contributed by atoms with E-state index >= 15 is 0 Å². The van der Waals surface area contributed by atoms with E-state index in [1.807, 2.05) is 13.1 Å². The van der Waals surface area contributed by atoms with Crippen molar-refractivity contribution in [1.29, 1.82) is 0 Å². The van der Waals surface area contributed by atoms with Gasteiger partial charge in [0.15, 0.2) is 5.82 Å². The van der Waals surface area contributed by atoms with Gasteiger partial charge in [-0.3, -0.25) is 14.4 Å². The lowest BCUT2D eigenvalue weighted by Crippen LogP contribution is -2.10. The summed E-state index contributed by atoms with van der Waals surface area (Å²) in [5, 5.41) is 9.65. The Kier molecular flexibility index (Phi) is 3.75. The largest absolute Gasteiger partial charge is 0.300 e. The Morgan fingerprint density at radius 2 is 2.00 bits per heavy atom. The SMILES string of the molecule is CC(=O)C[C@@H]1N=Cc2c(sc(C(C)(C)C)c2C)-n2c(C)nnc21. The summed E-state index contributed by atoms with van der Waals surface area (Å²) in [6, 6.07) is -0.259. The molecule has 0 spiro atoms. The van der Waals surface area contributed by atoms with Gasteiger partial charge in [0, 0.05) is 23.1 Å². The number of rotatable bonds is 2. The molecule has 3 heterocycles. The third-order valence-electron chi connectivity index (χ3n) is 4.07. The molecule has 1 aliphatic rings. The molecule has 0 N–H and O–H groups in total. The first-order valence-electron chi connectivity index (χ1n) is 7.79. The maximum atomic E-state index is 11.6. The highest BCUT2D eigenvalue weighted by Crippen LogP contribution is 2.41. The molecule has 122 valence electrons. The average molecular weight is 330 g/mol. The molecule has 5 nitrogen and oxygen atoms in total. The van der Waals surface area contributed by atoms with E-state index < -0.39 is 0 Å². The number of nitrogens with zero attached hydrogens (tertiary/aromatic N) is 4. The van der Waals surface area contributed by atoms with Crippen LogP contribution in [0.15, 0.2) is 4.99 Å². The lowest BCUT2D eigenvalue weighted by Gasteiger charge is -2.17. The highest BCUT2D eigenvalue weighted by molar-refractivity contribution is 7.15. The van der Waals surface area contributed by atoms with Crippen LogP contribution in [0, 0.1) is 13.8 Å². The van der Waals surface area contributed by atoms with Crippen molar-refractivity contribution in [3.63, 3.8) is 0 Å². The van der Waals surface area contributed by atoms with Gasteiger partial charge in [-0.15, -0.1) is 21.5 Å². The third kappa shape index (κ3) is 2.65. The molecule has 0 fully saturated rings. The molecule has 1 atom stereocenters. The van der Waals surface area contributed by atoms with Gasteiger partial charge >= 0.3 is 0 Å². The van der Waals surface area contributed by atoms with E-state index in [4.69, 9.17) is 0 Å². The summed E-state index contributed by atoms with van der Waals surface area (Å²) < 4.78 is 2.07. The van der Waals surface area contributed by atoms with Crippen LogP contribution >= 0.6 is 11.3 Å². The van der Waals surface area contributed by atoms with Crippen LogP contribution < -0.4 is 0 Å². The first-order chi connectivity index (χ1) is 10.7. The Labute approximate surface area is 140 Å². The predicted octanol–water partition coefficient (Wildman–Crippen LogP) is 3.70. The minimum atomic E-state index is -0.259. The molecule has 0 aliphatic carbocycles. The van der Waals surface area contributed by atoms with Gasteiger partial charge in [0.1, 0.15) is 22.7 Å². The zero-order chi connectivity index (χ0) is 16.9. The lowest BCUT2D eigenvalue weighted by molar-refractivity contribution is -0.117. The number of hydrogen-bond acceptors (Lipinski definition) is 5. The number of carbonyl (C=O) groups excluding carboxylic acids is 1. The molecule has 0 bridgehead atoms. The van der Waals surface area contributed by atoms with Gasteiger partial charge in [-0.1, -0.05) is 20.8 Å². The van der Waals surface area contributed by atoms with Crippen molar-refractivity contribution in [3.05, 3.63) is 27.7 Å². The fourth-order valence-electron chi connectivity index (χ4n) is 3.04. The second kappa shape index (κ2) is 5.37.